The zero-order valence-electron chi connectivity index (χ0n) is 20.6. The number of benzene rings is 2. The van der Waals surface area contributed by atoms with E-state index in [4.69, 9.17) is 14.2 Å². The fraction of sp³-hybridized carbons (Fsp3) is 0.600. The Balaban J connectivity index is 0.986. The highest BCUT2D eigenvalue weighted by molar-refractivity contribution is 5.63. The number of epoxide rings is 1. The Morgan fingerprint density at radius 3 is 2.09 bits per heavy atom. The van der Waals surface area contributed by atoms with E-state index in [0.29, 0.717) is 31.2 Å². The minimum absolute atomic E-state index is 0.310. The van der Waals surface area contributed by atoms with Crippen LogP contribution in [0.1, 0.15) is 63.4 Å². The second-order valence-electron chi connectivity index (χ2n) is 10.8. The van der Waals surface area contributed by atoms with Gasteiger partial charge in [-0.3, -0.25) is 0 Å². The fourth-order valence-electron chi connectivity index (χ4n) is 6.07. The Labute approximate surface area is 208 Å². The predicted octanol–water partition coefficient (Wildman–Crippen LogP) is 7.32. The summed E-state index contributed by atoms with van der Waals surface area (Å²) in [5.41, 5.74) is 2.96. The number of ether oxygens (including phenoxy) is 3. The molecule has 2 aliphatic carbocycles. The topological polar surface area (TPSA) is 31.0 Å². The molecule has 1 unspecified atom stereocenters. The molecule has 3 nitrogen and oxygen atoms in total. The van der Waals surface area contributed by atoms with Crippen LogP contribution in [0.4, 0.5) is 8.78 Å². The van der Waals surface area contributed by atoms with Gasteiger partial charge < -0.3 is 14.2 Å². The smallest absolute Gasteiger partial charge is 0.159 e. The van der Waals surface area contributed by atoms with Crippen LogP contribution >= 0.6 is 0 Å². The SMILES string of the molecule is Fc1ccc(-c2ccc(CCC3CCC(C4CCC(OCOCC5CO5)CC4)CC3)cc2)cc1F. The molecule has 0 N–H and O–H groups in total. The van der Waals surface area contributed by atoms with Gasteiger partial charge in [0.1, 0.15) is 12.9 Å². The number of hydrogen-bond donors (Lipinski definition) is 0. The summed E-state index contributed by atoms with van der Waals surface area (Å²) in [5, 5.41) is 0. The van der Waals surface area contributed by atoms with Crippen LogP contribution in [0.2, 0.25) is 0 Å². The first kappa shape index (κ1) is 24.9. The van der Waals surface area contributed by atoms with Crippen LogP contribution in [0, 0.1) is 29.4 Å². The second kappa shape index (κ2) is 11.9. The zero-order valence-corrected chi connectivity index (χ0v) is 20.6. The van der Waals surface area contributed by atoms with Crippen LogP contribution < -0.4 is 0 Å². The Morgan fingerprint density at radius 2 is 1.43 bits per heavy atom. The highest BCUT2D eigenvalue weighted by atomic mass is 19.2. The number of halogens is 2. The monoisotopic (exact) mass is 484 g/mol. The normalized spacial score (nSPS) is 28.7. The van der Waals surface area contributed by atoms with Crippen LogP contribution in [0.3, 0.4) is 0 Å². The van der Waals surface area contributed by atoms with E-state index in [-0.39, 0.29) is 0 Å². The average molecular weight is 485 g/mol. The molecule has 0 spiro atoms. The summed E-state index contributed by atoms with van der Waals surface area (Å²) in [7, 11) is 0. The van der Waals surface area contributed by atoms with Crippen molar-refractivity contribution in [3.05, 3.63) is 59.7 Å². The van der Waals surface area contributed by atoms with Crippen molar-refractivity contribution in [3.8, 4) is 11.1 Å². The Morgan fingerprint density at radius 1 is 0.771 bits per heavy atom. The molecule has 2 aromatic rings. The van der Waals surface area contributed by atoms with Crippen molar-refractivity contribution in [2.45, 2.75) is 76.4 Å². The van der Waals surface area contributed by atoms with E-state index in [1.54, 1.807) is 6.07 Å². The van der Waals surface area contributed by atoms with Crippen LogP contribution in [0.5, 0.6) is 0 Å². The molecule has 3 aliphatic rings. The fourth-order valence-corrected chi connectivity index (χ4v) is 6.07. The van der Waals surface area contributed by atoms with Crippen LogP contribution in [0.15, 0.2) is 42.5 Å². The Kier molecular flexibility index (Phi) is 8.48. The second-order valence-corrected chi connectivity index (χ2v) is 10.8. The molecule has 5 rings (SSSR count). The lowest BCUT2D eigenvalue weighted by Crippen LogP contribution is -2.29. The van der Waals surface area contributed by atoms with E-state index in [1.807, 2.05) is 12.1 Å². The number of aryl methyl sites for hydroxylation is 1. The molecule has 1 heterocycles. The van der Waals surface area contributed by atoms with Crippen molar-refractivity contribution in [2.24, 2.45) is 17.8 Å². The van der Waals surface area contributed by atoms with Gasteiger partial charge in [0.15, 0.2) is 11.6 Å². The van der Waals surface area contributed by atoms with E-state index < -0.39 is 11.6 Å². The number of hydrogen-bond acceptors (Lipinski definition) is 3. The van der Waals surface area contributed by atoms with Gasteiger partial charge in [0, 0.05) is 0 Å². The third kappa shape index (κ3) is 7.12. The van der Waals surface area contributed by atoms with Crippen LogP contribution in [0.25, 0.3) is 11.1 Å². The van der Waals surface area contributed by atoms with Gasteiger partial charge in [-0.05, 0) is 97.9 Å². The molecule has 0 amide bonds. The van der Waals surface area contributed by atoms with Gasteiger partial charge in [-0.15, -0.1) is 0 Å². The lowest BCUT2D eigenvalue weighted by atomic mass is 9.70. The molecule has 1 atom stereocenters. The summed E-state index contributed by atoms with van der Waals surface area (Å²) in [5.74, 6) is 0.992. The van der Waals surface area contributed by atoms with E-state index in [1.165, 1.54) is 75.5 Å². The highest BCUT2D eigenvalue weighted by Gasteiger charge is 2.31. The van der Waals surface area contributed by atoms with Crippen LogP contribution in [-0.4, -0.2) is 32.2 Å². The van der Waals surface area contributed by atoms with Crippen LogP contribution in [-0.2, 0) is 20.6 Å². The Hall–Kier alpha value is -1.82. The van der Waals surface area contributed by atoms with Gasteiger partial charge in [0.25, 0.3) is 0 Å². The van der Waals surface area contributed by atoms with E-state index in [2.05, 4.69) is 12.1 Å². The first-order valence-electron chi connectivity index (χ1n) is 13.5. The quantitative estimate of drug-likeness (QED) is 0.201. The van der Waals surface area contributed by atoms with Gasteiger partial charge in [0.05, 0.1) is 19.3 Å². The van der Waals surface area contributed by atoms with Gasteiger partial charge in [-0.2, -0.15) is 0 Å². The third-order valence-corrected chi connectivity index (χ3v) is 8.42. The summed E-state index contributed by atoms with van der Waals surface area (Å²) in [6.45, 7) is 1.91. The maximum Gasteiger partial charge on any atom is 0.159 e. The molecule has 1 aliphatic heterocycles. The molecule has 0 radical (unpaired) electrons. The van der Waals surface area contributed by atoms with E-state index >= 15 is 0 Å². The van der Waals surface area contributed by atoms with Gasteiger partial charge in [0.2, 0.25) is 0 Å². The van der Waals surface area contributed by atoms with Crippen molar-refractivity contribution in [1.82, 2.24) is 0 Å². The Bertz CT molecular complexity index is 927. The number of rotatable bonds is 10. The highest BCUT2D eigenvalue weighted by Crippen LogP contribution is 2.41. The largest absolute Gasteiger partial charge is 0.371 e. The first-order chi connectivity index (χ1) is 17.1. The maximum atomic E-state index is 13.5. The third-order valence-electron chi connectivity index (χ3n) is 8.42. The van der Waals surface area contributed by atoms with Gasteiger partial charge in [-0.25, -0.2) is 8.78 Å². The summed E-state index contributed by atoms with van der Waals surface area (Å²) < 4.78 is 43.3. The average Bonchev–Trinajstić information content (AvgIpc) is 3.73. The molecule has 190 valence electrons. The minimum Gasteiger partial charge on any atom is -0.371 e. The zero-order chi connectivity index (χ0) is 24.0. The summed E-state index contributed by atoms with van der Waals surface area (Å²) in [6.07, 6.45) is 13.4. The van der Waals surface area contributed by atoms with Gasteiger partial charge in [-0.1, -0.05) is 43.2 Å². The van der Waals surface area contributed by atoms with Gasteiger partial charge >= 0.3 is 0 Å². The molecule has 1 saturated heterocycles. The van der Waals surface area contributed by atoms with E-state index in [0.717, 1.165) is 36.3 Å². The molecule has 0 aromatic heterocycles. The molecule has 2 aromatic carbocycles. The predicted molar refractivity (Wildman–Crippen MR) is 133 cm³/mol. The van der Waals surface area contributed by atoms with Crippen molar-refractivity contribution in [3.63, 3.8) is 0 Å². The maximum absolute atomic E-state index is 13.5. The molecule has 2 saturated carbocycles. The summed E-state index contributed by atoms with van der Waals surface area (Å²) in [6, 6.07) is 12.4. The minimum atomic E-state index is -0.803. The van der Waals surface area contributed by atoms with Crippen molar-refractivity contribution < 1.29 is 23.0 Å². The molecule has 3 fully saturated rings. The molecular weight excluding hydrogens is 446 g/mol. The van der Waals surface area contributed by atoms with E-state index in [9.17, 15) is 8.78 Å². The lowest BCUT2D eigenvalue weighted by Gasteiger charge is -2.37. The summed E-state index contributed by atoms with van der Waals surface area (Å²) >= 11 is 0. The van der Waals surface area contributed by atoms with Crippen molar-refractivity contribution in [1.29, 1.82) is 0 Å². The first-order valence-corrected chi connectivity index (χ1v) is 13.5. The molecule has 35 heavy (non-hydrogen) atoms. The molecular formula is C30H38F2O3. The van der Waals surface area contributed by atoms with Crippen molar-refractivity contribution >= 4 is 0 Å². The standard InChI is InChI=1S/C30H38F2O3/c31-29-16-13-26(17-30(29)32)25-9-5-22(6-10-25)2-1-21-3-7-23(8-4-21)24-11-14-27(15-12-24)35-20-33-18-28-19-34-28/h5-6,9-10,13,16-17,21,23-24,27-28H,1-4,7-8,11-12,14-15,18-20H2. The van der Waals surface area contributed by atoms with Crippen molar-refractivity contribution in [2.75, 3.05) is 20.0 Å². The molecule has 0 bridgehead atoms. The lowest BCUT2D eigenvalue weighted by molar-refractivity contribution is -0.106. The summed E-state index contributed by atoms with van der Waals surface area (Å²) in [4.78, 5) is 0. The molecule has 5 heteroatoms.